The van der Waals surface area contributed by atoms with Gasteiger partial charge in [-0.3, -0.25) is 0 Å². The van der Waals surface area contributed by atoms with Crippen molar-refractivity contribution in [1.29, 1.82) is 0 Å². The maximum absolute atomic E-state index is 5.42. The van der Waals surface area contributed by atoms with Gasteiger partial charge in [0, 0.05) is 18.9 Å². The first kappa shape index (κ1) is 14.3. The minimum Gasteiger partial charge on any atom is -0.339 e. The van der Waals surface area contributed by atoms with Crippen molar-refractivity contribution in [3.8, 4) is 0 Å². The molecule has 1 aliphatic carbocycles. The number of benzene rings is 1. The minimum absolute atomic E-state index is 0.236. The Labute approximate surface area is 126 Å². The first-order chi connectivity index (χ1) is 10.3. The monoisotopic (exact) mass is 285 g/mol. The molecule has 0 saturated heterocycles. The Morgan fingerprint density at radius 2 is 2.10 bits per heavy atom. The van der Waals surface area contributed by atoms with Crippen LogP contribution in [0.1, 0.15) is 49.5 Å². The summed E-state index contributed by atoms with van der Waals surface area (Å²) >= 11 is 0. The number of nitrogens with one attached hydrogen (secondary N) is 1. The molecule has 1 N–H and O–H groups in total. The van der Waals surface area contributed by atoms with Crippen LogP contribution in [0.3, 0.4) is 0 Å². The van der Waals surface area contributed by atoms with Gasteiger partial charge in [0.05, 0.1) is 0 Å². The lowest BCUT2D eigenvalue weighted by Gasteiger charge is -2.17. The van der Waals surface area contributed by atoms with Gasteiger partial charge in [-0.15, -0.1) is 0 Å². The van der Waals surface area contributed by atoms with Crippen molar-refractivity contribution in [2.45, 2.75) is 45.1 Å². The first-order valence-electron chi connectivity index (χ1n) is 7.95. The Balaban J connectivity index is 1.66. The maximum Gasteiger partial charge on any atom is 0.228 e. The van der Waals surface area contributed by atoms with Crippen molar-refractivity contribution in [2.75, 3.05) is 6.54 Å². The highest BCUT2D eigenvalue weighted by Gasteiger charge is 2.24. The lowest BCUT2D eigenvalue weighted by Crippen LogP contribution is -2.24. The summed E-state index contributed by atoms with van der Waals surface area (Å²) < 4.78 is 5.42. The zero-order chi connectivity index (χ0) is 14.5. The topological polar surface area (TPSA) is 51.0 Å². The van der Waals surface area contributed by atoms with Gasteiger partial charge in [0.25, 0.3) is 0 Å². The summed E-state index contributed by atoms with van der Waals surface area (Å²) in [5.41, 5.74) is 1.27. The smallest absolute Gasteiger partial charge is 0.228 e. The van der Waals surface area contributed by atoms with Gasteiger partial charge in [0.2, 0.25) is 5.89 Å². The largest absolute Gasteiger partial charge is 0.339 e. The highest BCUT2D eigenvalue weighted by molar-refractivity contribution is 5.19. The molecule has 112 valence electrons. The van der Waals surface area contributed by atoms with Crippen molar-refractivity contribution in [2.24, 2.45) is 5.92 Å². The molecule has 3 rings (SSSR count). The lowest BCUT2D eigenvalue weighted by atomic mass is 10.0. The quantitative estimate of drug-likeness (QED) is 0.808. The van der Waals surface area contributed by atoms with E-state index in [9.17, 15) is 0 Å². The molecule has 1 fully saturated rings. The van der Waals surface area contributed by atoms with Crippen LogP contribution in [0.4, 0.5) is 0 Å². The normalized spacial score (nSPS) is 16.0. The fourth-order valence-electron chi connectivity index (χ4n) is 2.52. The van der Waals surface area contributed by atoms with Crippen LogP contribution in [0.2, 0.25) is 0 Å². The summed E-state index contributed by atoms with van der Waals surface area (Å²) in [4.78, 5) is 4.55. The van der Waals surface area contributed by atoms with E-state index in [1.54, 1.807) is 0 Å². The van der Waals surface area contributed by atoms with Crippen LogP contribution in [-0.2, 0) is 12.8 Å². The molecule has 0 spiro atoms. The van der Waals surface area contributed by atoms with Crippen molar-refractivity contribution in [1.82, 2.24) is 15.5 Å². The summed E-state index contributed by atoms with van der Waals surface area (Å²) in [5.74, 6) is 2.40. The van der Waals surface area contributed by atoms with Crippen molar-refractivity contribution in [3.05, 3.63) is 47.6 Å². The molecular weight excluding hydrogens is 262 g/mol. The molecule has 1 saturated carbocycles. The van der Waals surface area contributed by atoms with Gasteiger partial charge in [-0.2, -0.15) is 4.98 Å². The van der Waals surface area contributed by atoms with Crippen LogP contribution in [0.15, 0.2) is 34.9 Å². The Kier molecular flexibility index (Phi) is 4.65. The van der Waals surface area contributed by atoms with Gasteiger partial charge in [-0.25, -0.2) is 0 Å². The van der Waals surface area contributed by atoms with E-state index in [0.29, 0.717) is 0 Å². The van der Waals surface area contributed by atoms with Gasteiger partial charge < -0.3 is 9.84 Å². The fraction of sp³-hybridized carbons (Fsp3) is 0.529. The van der Waals surface area contributed by atoms with Gasteiger partial charge in [0.15, 0.2) is 5.82 Å². The van der Waals surface area contributed by atoms with Crippen LogP contribution in [0.25, 0.3) is 0 Å². The predicted octanol–water partition coefficient (Wildman–Crippen LogP) is 3.31. The second-order valence-corrected chi connectivity index (χ2v) is 5.87. The van der Waals surface area contributed by atoms with Crippen LogP contribution < -0.4 is 5.32 Å². The van der Waals surface area contributed by atoms with E-state index in [2.05, 4.69) is 46.6 Å². The number of hydrogen-bond acceptors (Lipinski definition) is 4. The Bertz CT molecular complexity index is 548. The van der Waals surface area contributed by atoms with Crippen LogP contribution >= 0.6 is 0 Å². The third-order valence-electron chi connectivity index (χ3n) is 3.90. The molecule has 21 heavy (non-hydrogen) atoms. The Morgan fingerprint density at radius 3 is 2.81 bits per heavy atom. The maximum atomic E-state index is 5.42. The van der Waals surface area contributed by atoms with Crippen LogP contribution in [0.5, 0.6) is 0 Å². The van der Waals surface area contributed by atoms with Crippen molar-refractivity contribution < 1.29 is 4.52 Å². The summed E-state index contributed by atoms with van der Waals surface area (Å²) in [7, 11) is 0. The SMILES string of the molecule is CCCNC(Cc1nc(CC2CC2)no1)c1ccccc1. The standard InChI is InChI=1S/C17H23N3O/c1-2-10-18-15(14-6-4-3-5-7-14)12-17-19-16(20-21-17)11-13-8-9-13/h3-7,13,15,18H,2,8-12H2,1H3. The third-order valence-corrected chi connectivity index (χ3v) is 3.90. The van der Waals surface area contributed by atoms with E-state index in [-0.39, 0.29) is 6.04 Å². The van der Waals surface area contributed by atoms with Crippen LogP contribution in [-0.4, -0.2) is 16.7 Å². The molecule has 0 radical (unpaired) electrons. The van der Waals surface area contributed by atoms with Gasteiger partial charge in [-0.05, 0) is 37.3 Å². The average Bonchev–Trinajstić information content (AvgIpc) is 3.22. The summed E-state index contributed by atoms with van der Waals surface area (Å²) in [6.45, 7) is 3.16. The first-order valence-corrected chi connectivity index (χ1v) is 7.95. The molecule has 0 amide bonds. The molecule has 4 nitrogen and oxygen atoms in total. The second-order valence-electron chi connectivity index (χ2n) is 5.87. The molecule has 2 aromatic rings. The molecule has 1 aromatic heterocycles. The van der Waals surface area contributed by atoms with E-state index in [0.717, 1.165) is 43.4 Å². The molecule has 0 aliphatic heterocycles. The number of nitrogens with zero attached hydrogens (tertiary/aromatic N) is 2. The number of rotatable bonds is 8. The predicted molar refractivity (Wildman–Crippen MR) is 81.9 cm³/mol. The molecule has 1 unspecified atom stereocenters. The molecule has 4 heteroatoms. The summed E-state index contributed by atoms with van der Waals surface area (Å²) in [6, 6.07) is 10.7. The van der Waals surface area contributed by atoms with E-state index in [4.69, 9.17) is 4.52 Å². The molecule has 1 aromatic carbocycles. The van der Waals surface area contributed by atoms with Crippen LogP contribution in [0, 0.1) is 5.92 Å². The third kappa shape index (κ3) is 4.14. The zero-order valence-corrected chi connectivity index (χ0v) is 12.6. The average molecular weight is 285 g/mol. The van der Waals surface area contributed by atoms with Crippen molar-refractivity contribution in [3.63, 3.8) is 0 Å². The number of aromatic nitrogens is 2. The summed E-state index contributed by atoms with van der Waals surface area (Å²) in [6.07, 6.45) is 5.47. The van der Waals surface area contributed by atoms with Gasteiger partial charge >= 0.3 is 0 Å². The van der Waals surface area contributed by atoms with E-state index in [1.807, 2.05) is 6.07 Å². The Morgan fingerprint density at radius 1 is 1.29 bits per heavy atom. The highest BCUT2D eigenvalue weighted by atomic mass is 16.5. The lowest BCUT2D eigenvalue weighted by molar-refractivity contribution is 0.354. The van der Waals surface area contributed by atoms with E-state index >= 15 is 0 Å². The van der Waals surface area contributed by atoms with E-state index < -0.39 is 0 Å². The fourth-order valence-corrected chi connectivity index (χ4v) is 2.52. The minimum atomic E-state index is 0.236. The molecular formula is C17H23N3O. The number of hydrogen-bond donors (Lipinski definition) is 1. The molecule has 1 aliphatic rings. The van der Waals surface area contributed by atoms with E-state index in [1.165, 1.54) is 18.4 Å². The van der Waals surface area contributed by atoms with Crippen molar-refractivity contribution >= 4 is 0 Å². The second kappa shape index (κ2) is 6.85. The van der Waals surface area contributed by atoms with Gasteiger partial charge in [-0.1, -0.05) is 42.4 Å². The molecule has 1 atom stereocenters. The molecule has 0 bridgehead atoms. The summed E-state index contributed by atoms with van der Waals surface area (Å²) in [5, 5.41) is 7.68. The highest BCUT2D eigenvalue weighted by Crippen LogP contribution is 2.31. The molecule has 1 heterocycles. The Hall–Kier alpha value is -1.68. The van der Waals surface area contributed by atoms with Gasteiger partial charge in [0.1, 0.15) is 0 Å². The zero-order valence-electron chi connectivity index (χ0n) is 12.6.